The van der Waals surface area contributed by atoms with Gasteiger partial charge in [0, 0.05) is 13.0 Å². The molecule has 1 unspecified atom stereocenters. The van der Waals surface area contributed by atoms with Crippen molar-refractivity contribution in [3.8, 4) is 0 Å². The van der Waals surface area contributed by atoms with Gasteiger partial charge in [0.15, 0.2) is 6.10 Å². The maximum absolute atomic E-state index is 11.4. The molecular weight excluding hydrogens is 310 g/mol. The molecule has 0 aromatic heterocycles. The number of esters is 1. The molecule has 0 radical (unpaired) electrons. The van der Waals surface area contributed by atoms with Crippen LogP contribution in [0.2, 0.25) is 0 Å². The number of nitrogens with one attached hydrogen (secondary N) is 1. The van der Waals surface area contributed by atoms with Crippen molar-refractivity contribution in [2.75, 3.05) is 13.3 Å². The summed E-state index contributed by atoms with van der Waals surface area (Å²) in [7, 11) is 0. The van der Waals surface area contributed by atoms with Gasteiger partial charge >= 0.3 is 18.2 Å². The molecule has 0 bridgehead atoms. The molecule has 0 heterocycles. The second kappa shape index (κ2) is 9.88. The van der Waals surface area contributed by atoms with Crippen molar-refractivity contribution < 1.29 is 38.4 Å². The summed E-state index contributed by atoms with van der Waals surface area (Å²) in [6.07, 6.45) is -3.53. The Hall–Kier alpha value is -2.03. The van der Waals surface area contributed by atoms with Crippen LogP contribution in [0.5, 0.6) is 0 Å². The average Bonchev–Trinajstić information content (AvgIpc) is 2.35. The number of carbonyl (C=O) groups excluding carboxylic acids is 3. The van der Waals surface area contributed by atoms with E-state index >= 15 is 0 Å². The highest BCUT2D eigenvalue weighted by Gasteiger charge is 2.19. The summed E-state index contributed by atoms with van der Waals surface area (Å²) in [5.74, 6) is -0.978. The van der Waals surface area contributed by atoms with Crippen molar-refractivity contribution in [1.82, 2.24) is 5.32 Å². The van der Waals surface area contributed by atoms with Crippen LogP contribution in [0.25, 0.3) is 0 Å². The van der Waals surface area contributed by atoms with Gasteiger partial charge in [-0.3, -0.25) is 0 Å². The largest absolute Gasteiger partial charge is 0.511 e. The van der Waals surface area contributed by atoms with Gasteiger partial charge in [-0.25, -0.2) is 14.4 Å². The zero-order chi connectivity index (χ0) is 18.0. The number of aliphatic hydroxyl groups excluding tert-OH is 1. The highest BCUT2D eigenvalue weighted by Crippen LogP contribution is 2.06. The molecule has 2 N–H and O–H groups in total. The van der Waals surface area contributed by atoms with Crippen LogP contribution in [-0.4, -0.2) is 54.5 Å². The van der Waals surface area contributed by atoms with E-state index in [1.165, 1.54) is 0 Å². The van der Waals surface area contributed by atoms with Gasteiger partial charge in [0.2, 0.25) is 6.79 Å². The molecule has 0 fully saturated rings. The second-order valence-corrected chi connectivity index (χ2v) is 5.88. The fraction of sp³-hybridized carbons (Fsp3) is 0.786. The Balaban J connectivity index is 3.86. The van der Waals surface area contributed by atoms with E-state index in [0.29, 0.717) is 0 Å². The first-order chi connectivity index (χ1) is 10.5. The van der Waals surface area contributed by atoms with Crippen molar-refractivity contribution in [3.05, 3.63) is 0 Å². The van der Waals surface area contributed by atoms with E-state index in [0.717, 1.165) is 0 Å². The molecule has 1 atom stereocenters. The quantitative estimate of drug-likeness (QED) is 0.406. The Morgan fingerprint density at radius 3 is 2.26 bits per heavy atom. The average molecular weight is 335 g/mol. The van der Waals surface area contributed by atoms with E-state index in [2.05, 4.69) is 19.5 Å². The molecule has 1 amide bonds. The van der Waals surface area contributed by atoms with Crippen LogP contribution in [0, 0.1) is 0 Å². The molecular formula is C14H25NO8. The lowest BCUT2D eigenvalue weighted by Crippen LogP contribution is -2.35. The number of carbonyl (C=O) groups is 3. The molecule has 0 saturated heterocycles. The SMILES string of the molecule is CC(C)OC(=O)OCOC(=O)C(O)CCNC(=O)OC(C)(C)C. The minimum Gasteiger partial charge on any atom is -0.444 e. The van der Waals surface area contributed by atoms with Gasteiger partial charge < -0.3 is 29.4 Å². The number of rotatable bonds is 7. The van der Waals surface area contributed by atoms with Gasteiger partial charge in [-0.2, -0.15) is 0 Å². The van der Waals surface area contributed by atoms with Crippen LogP contribution in [-0.2, 0) is 23.7 Å². The molecule has 9 nitrogen and oxygen atoms in total. The van der Waals surface area contributed by atoms with Gasteiger partial charge in [0.25, 0.3) is 0 Å². The number of amides is 1. The smallest absolute Gasteiger partial charge is 0.444 e. The van der Waals surface area contributed by atoms with Gasteiger partial charge in [-0.05, 0) is 34.6 Å². The number of ether oxygens (including phenoxy) is 4. The van der Waals surface area contributed by atoms with Crippen LogP contribution < -0.4 is 5.32 Å². The molecule has 0 aliphatic heterocycles. The van der Waals surface area contributed by atoms with Crippen LogP contribution in [0.15, 0.2) is 0 Å². The summed E-state index contributed by atoms with van der Waals surface area (Å²) >= 11 is 0. The van der Waals surface area contributed by atoms with Crippen LogP contribution in [0.4, 0.5) is 9.59 Å². The summed E-state index contributed by atoms with van der Waals surface area (Å²) in [6, 6.07) is 0. The lowest BCUT2D eigenvalue weighted by atomic mass is 10.2. The van der Waals surface area contributed by atoms with E-state index in [1.54, 1.807) is 34.6 Å². The predicted octanol–water partition coefficient (Wildman–Crippen LogP) is 1.32. The highest BCUT2D eigenvalue weighted by atomic mass is 16.8. The fourth-order valence-corrected chi connectivity index (χ4v) is 1.20. The second-order valence-electron chi connectivity index (χ2n) is 5.88. The van der Waals surface area contributed by atoms with Crippen LogP contribution in [0.3, 0.4) is 0 Å². The molecule has 0 saturated carbocycles. The topological polar surface area (TPSA) is 120 Å². The third-order valence-electron chi connectivity index (χ3n) is 2.07. The summed E-state index contributed by atoms with van der Waals surface area (Å²) in [5.41, 5.74) is -0.635. The lowest BCUT2D eigenvalue weighted by molar-refractivity contribution is -0.163. The molecule has 134 valence electrons. The van der Waals surface area contributed by atoms with Gasteiger partial charge in [0.05, 0.1) is 6.10 Å². The molecule has 23 heavy (non-hydrogen) atoms. The van der Waals surface area contributed by atoms with E-state index in [-0.39, 0.29) is 19.1 Å². The first-order valence-corrected chi connectivity index (χ1v) is 7.16. The van der Waals surface area contributed by atoms with E-state index in [1.807, 2.05) is 0 Å². The third kappa shape index (κ3) is 12.2. The standard InChI is InChI=1S/C14H25NO8/c1-9(2)22-13(19)21-8-20-11(17)10(16)6-7-15-12(18)23-14(3,4)5/h9-10,16H,6-8H2,1-5H3,(H,15,18). The van der Waals surface area contributed by atoms with E-state index in [9.17, 15) is 19.5 Å². The molecule has 0 rings (SSSR count). The van der Waals surface area contributed by atoms with E-state index < -0.39 is 36.7 Å². The van der Waals surface area contributed by atoms with Crippen molar-refractivity contribution in [1.29, 1.82) is 0 Å². The van der Waals surface area contributed by atoms with Crippen LogP contribution in [0.1, 0.15) is 41.0 Å². The minimum absolute atomic E-state index is 0.0153. The van der Waals surface area contributed by atoms with Gasteiger partial charge in [-0.1, -0.05) is 0 Å². The molecule has 0 aliphatic carbocycles. The van der Waals surface area contributed by atoms with Gasteiger partial charge in [-0.15, -0.1) is 0 Å². The monoisotopic (exact) mass is 335 g/mol. The Labute approximate surface area is 135 Å². The molecule has 0 aromatic carbocycles. The summed E-state index contributed by atoms with van der Waals surface area (Å²) < 4.78 is 18.6. The zero-order valence-corrected chi connectivity index (χ0v) is 14.1. The molecule has 0 aliphatic rings. The minimum atomic E-state index is -1.46. The Morgan fingerprint density at radius 2 is 1.74 bits per heavy atom. The molecule has 9 heteroatoms. The predicted molar refractivity (Wildman–Crippen MR) is 78.5 cm³/mol. The lowest BCUT2D eigenvalue weighted by Gasteiger charge is -2.19. The Kier molecular flexibility index (Phi) is 9.01. The van der Waals surface area contributed by atoms with Crippen molar-refractivity contribution in [2.45, 2.75) is 58.8 Å². The Bertz CT molecular complexity index is 402. The summed E-state index contributed by atoms with van der Waals surface area (Å²) in [5, 5.41) is 11.9. The maximum Gasteiger partial charge on any atom is 0.511 e. The fourth-order valence-electron chi connectivity index (χ4n) is 1.20. The first-order valence-electron chi connectivity index (χ1n) is 7.16. The van der Waals surface area contributed by atoms with E-state index in [4.69, 9.17) is 4.74 Å². The number of alkyl carbamates (subject to hydrolysis) is 1. The third-order valence-corrected chi connectivity index (χ3v) is 2.07. The summed E-state index contributed by atoms with van der Waals surface area (Å²) in [4.78, 5) is 33.8. The van der Waals surface area contributed by atoms with Crippen molar-refractivity contribution in [2.24, 2.45) is 0 Å². The Morgan fingerprint density at radius 1 is 1.13 bits per heavy atom. The van der Waals surface area contributed by atoms with Crippen LogP contribution >= 0.6 is 0 Å². The zero-order valence-electron chi connectivity index (χ0n) is 14.1. The number of hydrogen-bond donors (Lipinski definition) is 2. The molecule has 0 spiro atoms. The van der Waals surface area contributed by atoms with Crippen molar-refractivity contribution in [3.63, 3.8) is 0 Å². The maximum atomic E-state index is 11.4. The number of aliphatic hydroxyl groups is 1. The summed E-state index contributed by atoms with van der Waals surface area (Å²) in [6.45, 7) is 7.75. The number of hydrogen-bond acceptors (Lipinski definition) is 8. The highest BCUT2D eigenvalue weighted by molar-refractivity contribution is 5.74. The first kappa shape index (κ1) is 21.0. The molecule has 0 aromatic rings. The van der Waals surface area contributed by atoms with Crippen molar-refractivity contribution >= 4 is 18.2 Å². The van der Waals surface area contributed by atoms with Gasteiger partial charge in [0.1, 0.15) is 5.60 Å². The normalized spacial score (nSPS) is 12.3.